The molecule has 0 bridgehead atoms. The fourth-order valence-corrected chi connectivity index (χ4v) is 4.37. The van der Waals surface area contributed by atoms with E-state index in [9.17, 15) is 9.59 Å². The Morgan fingerprint density at radius 1 is 0.929 bits per heavy atom. The molecule has 2 fully saturated rings. The number of hydrogen-bond donors (Lipinski definition) is 1. The van der Waals surface area contributed by atoms with Crippen LogP contribution in [0.3, 0.4) is 0 Å². The summed E-state index contributed by atoms with van der Waals surface area (Å²) in [7, 11) is 2.10. The number of para-hydroxylation sites is 1. The normalized spacial score (nSPS) is 24.1. The Labute approximate surface area is 169 Å². The van der Waals surface area contributed by atoms with Crippen molar-refractivity contribution in [2.24, 2.45) is 11.8 Å². The average molecular weight is 386 g/mol. The largest absolute Gasteiger partial charge is 0.340 e. The van der Waals surface area contributed by atoms with Gasteiger partial charge in [-0.2, -0.15) is 0 Å². The monoisotopic (exact) mass is 385 g/mol. The Kier molecular flexibility index (Phi) is 6.43. The molecular formula is C23H35N3O2. The molecule has 5 heteroatoms. The summed E-state index contributed by atoms with van der Waals surface area (Å²) in [6.07, 6.45) is 3.25. The van der Waals surface area contributed by atoms with Gasteiger partial charge in [-0.05, 0) is 49.8 Å². The van der Waals surface area contributed by atoms with Crippen LogP contribution in [0.4, 0.5) is 5.69 Å². The number of likely N-dealkylation sites (N-methyl/N-ethyl adjacent to an activating group) is 1. The average Bonchev–Trinajstić information content (AvgIpc) is 2.68. The number of carbonyl (C=O) groups is 2. The summed E-state index contributed by atoms with van der Waals surface area (Å²) in [5.74, 6) is 0.492. The maximum absolute atomic E-state index is 12.8. The lowest BCUT2D eigenvalue weighted by Gasteiger charge is -2.36. The minimum Gasteiger partial charge on any atom is -0.340 e. The quantitative estimate of drug-likeness (QED) is 0.866. The van der Waals surface area contributed by atoms with Gasteiger partial charge in [0, 0.05) is 43.7 Å². The van der Waals surface area contributed by atoms with Crippen LogP contribution in [0.25, 0.3) is 0 Å². The summed E-state index contributed by atoms with van der Waals surface area (Å²) in [5.41, 5.74) is 2.05. The van der Waals surface area contributed by atoms with Crippen molar-refractivity contribution in [2.75, 3.05) is 38.5 Å². The molecule has 2 amide bonds. The first-order chi connectivity index (χ1) is 13.3. The number of carbonyl (C=O) groups excluding carboxylic acids is 2. The van der Waals surface area contributed by atoms with Gasteiger partial charge >= 0.3 is 0 Å². The molecule has 2 aliphatic rings. The molecule has 5 nitrogen and oxygen atoms in total. The van der Waals surface area contributed by atoms with E-state index in [-0.39, 0.29) is 23.2 Å². The second-order valence-electron chi connectivity index (χ2n) is 9.46. The topological polar surface area (TPSA) is 52.7 Å². The number of rotatable bonds is 3. The molecule has 1 aliphatic heterocycles. The van der Waals surface area contributed by atoms with Gasteiger partial charge in [0.25, 0.3) is 0 Å². The third kappa shape index (κ3) is 4.93. The first kappa shape index (κ1) is 20.8. The van der Waals surface area contributed by atoms with Crippen LogP contribution in [-0.2, 0) is 15.0 Å². The molecule has 0 aromatic heterocycles. The third-order valence-electron chi connectivity index (χ3n) is 6.26. The van der Waals surface area contributed by atoms with E-state index in [0.717, 1.165) is 63.1 Å². The van der Waals surface area contributed by atoms with Gasteiger partial charge in [0.15, 0.2) is 0 Å². The highest BCUT2D eigenvalue weighted by Crippen LogP contribution is 2.33. The van der Waals surface area contributed by atoms with Gasteiger partial charge in [0.1, 0.15) is 0 Å². The van der Waals surface area contributed by atoms with Crippen LogP contribution >= 0.6 is 0 Å². The zero-order chi connectivity index (χ0) is 20.3. The fourth-order valence-electron chi connectivity index (χ4n) is 4.37. The predicted octanol–water partition coefficient (Wildman–Crippen LogP) is 3.50. The van der Waals surface area contributed by atoms with Crippen LogP contribution in [0.15, 0.2) is 24.3 Å². The van der Waals surface area contributed by atoms with Crippen LogP contribution in [-0.4, -0.2) is 54.8 Å². The number of nitrogens with one attached hydrogen (secondary N) is 1. The van der Waals surface area contributed by atoms with Gasteiger partial charge in [-0.3, -0.25) is 9.59 Å². The molecule has 154 valence electrons. The number of benzene rings is 1. The number of nitrogens with zero attached hydrogens (tertiary/aromatic N) is 2. The Hall–Kier alpha value is -1.88. The first-order valence-electron chi connectivity index (χ1n) is 10.6. The Morgan fingerprint density at radius 3 is 2.11 bits per heavy atom. The van der Waals surface area contributed by atoms with Crippen molar-refractivity contribution in [1.82, 2.24) is 9.80 Å². The van der Waals surface area contributed by atoms with E-state index in [2.05, 4.69) is 44.1 Å². The van der Waals surface area contributed by atoms with Crippen LogP contribution in [0.5, 0.6) is 0 Å². The summed E-state index contributed by atoms with van der Waals surface area (Å²) < 4.78 is 0. The molecule has 1 aliphatic carbocycles. The maximum atomic E-state index is 12.8. The second kappa shape index (κ2) is 8.64. The molecule has 28 heavy (non-hydrogen) atoms. The fraction of sp³-hybridized carbons (Fsp3) is 0.652. The summed E-state index contributed by atoms with van der Waals surface area (Å²) >= 11 is 0. The van der Waals surface area contributed by atoms with Crippen molar-refractivity contribution in [3.05, 3.63) is 29.8 Å². The van der Waals surface area contributed by atoms with E-state index >= 15 is 0 Å². The summed E-state index contributed by atoms with van der Waals surface area (Å²) in [6, 6.07) is 8.06. The molecule has 0 radical (unpaired) electrons. The summed E-state index contributed by atoms with van der Waals surface area (Å²) in [5, 5.41) is 3.16. The van der Waals surface area contributed by atoms with Crippen molar-refractivity contribution in [3.63, 3.8) is 0 Å². The highest BCUT2D eigenvalue weighted by Gasteiger charge is 2.33. The van der Waals surface area contributed by atoms with Crippen LogP contribution in [0.1, 0.15) is 52.0 Å². The van der Waals surface area contributed by atoms with E-state index in [0.29, 0.717) is 5.91 Å². The molecule has 0 spiro atoms. The van der Waals surface area contributed by atoms with Crippen molar-refractivity contribution >= 4 is 17.5 Å². The van der Waals surface area contributed by atoms with Crippen molar-refractivity contribution in [3.8, 4) is 0 Å². The Bertz CT molecular complexity index is 694. The molecule has 1 saturated carbocycles. The standard InChI is InChI=1S/C23H35N3O2/c1-23(2,3)19-7-5-6-8-20(19)24-21(27)17-9-11-18(12-10-17)22(28)26-15-13-25(4)14-16-26/h5-8,17-18H,9-16H2,1-4H3,(H,24,27). The van der Waals surface area contributed by atoms with Crippen LogP contribution in [0, 0.1) is 11.8 Å². The molecule has 1 aromatic rings. The number of hydrogen-bond acceptors (Lipinski definition) is 3. The lowest BCUT2D eigenvalue weighted by atomic mass is 9.80. The van der Waals surface area contributed by atoms with Crippen molar-refractivity contribution < 1.29 is 9.59 Å². The molecule has 3 rings (SSSR count). The number of anilines is 1. The highest BCUT2D eigenvalue weighted by molar-refractivity contribution is 5.93. The number of piperazine rings is 1. The minimum atomic E-state index is -0.0174. The lowest BCUT2D eigenvalue weighted by Crippen LogP contribution is -2.49. The Balaban J connectivity index is 1.54. The molecular weight excluding hydrogens is 350 g/mol. The maximum Gasteiger partial charge on any atom is 0.227 e. The van der Waals surface area contributed by atoms with E-state index in [1.54, 1.807) is 0 Å². The van der Waals surface area contributed by atoms with E-state index in [1.165, 1.54) is 0 Å². The van der Waals surface area contributed by atoms with Gasteiger partial charge in [-0.1, -0.05) is 39.0 Å². The van der Waals surface area contributed by atoms with Gasteiger partial charge in [0.2, 0.25) is 11.8 Å². The predicted molar refractivity (Wildman–Crippen MR) is 113 cm³/mol. The summed E-state index contributed by atoms with van der Waals surface area (Å²) in [6.45, 7) is 10.1. The zero-order valence-corrected chi connectivity index (χ0v) is 17.8. The van der Waals surface area contributed by atoms with Crippen molar-refractivity contribution in [2.45, 2.75) is 51.9 Å². The zero-order valence-electron chi connectivity index (χ0n) is 17.8. The second-order valence-corrected chi connectivity index (χ2v) is 9.46. The molecule has 1 N–H and O–H groups in total. The van der Waals surface area contributed by atoms with Gasteiger partial charge in [-0.15, -0.1) is 0 Å². The van der Waals surface area contributed by atoms with Crippen LogP contribution < -0.4 is 5.32 Å². The molecule has 1 aromatic carbocycles. The number of amides is 2. The third-order valence-corrected chi connectivity index (χ3v) is 6.26. The van der Waals surface area contributed by atoms with Crippen LogP contribution in [0.2, 0.25) is 0 Å². The minimum absolute atomic E-state index is 0.00423. The highest BCUT2D eigenvalue weighted by atomic mass is 16.2. The molecule has 1 saturated heterocycles. The summed E-state index contributed by atoms with van der Waals surface area (Å²) in [4.78, 5) is 29.9. The van der Waals surface area contributed by atoms with Gasteiger partial charge in [0.05, 0.1) is 0 Å². The van der Waals surface area contributed by atoms with Gasteiger partial charge in [-0.25, -0.2) is 0 Å². The smallest absolute Gasteiger partial charge is 0.227 e. The molecule has 1 heterocycles. The first-order valence-corrected chi connectivity index (χ1v) is 10.6. The lowest BCUT2D eigenvalue weighted by molar-refractivity contribution is -0.139. The SMILES string of the molecule is CN1CCN(C(=O)C2CCC(C(=O)Nc3ccccc3C(C)(C)C)CC2)CC1. The van der Waals surface area contributed by atoms with E-state index < -0.39 is 0 Å². The van der Waals surface area contributed by atoms with E-state index in [4.69, 9.17) is 0 Å². The Morgan fingerprint density at radius 2 is 1.50 bits per heavy atom. The molecule has 0 atom stereocenters. The van der Waals surface area contributed by atoms with E-state index in [1.807, 2.05) is 23.1 Å². The van der Waals surface area contributed by atoms with Crippen molar-refractivity contribution in [1.29, 1.82) is 0 Å². The van der Waals surface area contributed by atoms with Gasteiger partial charge < -0.3 is 15.1 Å². The molecule has 0 unspecified atom stereocenters.